The van der Waals surface area contributed by atoms with Crippen LogP contribution in [0.4, 0.5) is 0 Å². The molecule has 2 rings (SSSR count). The van der Waals surface area contributed by atoms with Crippen molar-refractivity contribution in [3.8, 4) is 5.69 Å². The van der Waals surface area contributed by atoms with Gasteiger partial charge >= 0.3 is 0 Å². The number of Topliss-reactive ketones (excluding diaryl/α,β-unsaturated/α-hetero) is 1. The van der Waals surface area contributed by atoms with Crippen LogP contribution in [0.1, 0.15) is 36.3 Å². The zero-order valence-electron chi connectivity index (χ0n) is 12.9. The number of nitrogens with one attached hydrogen (secondary N) is 1. The Morgan fingerprint density at radius 3 is 2.77 bits per heavy atom. The summed E-state index contributed by atoms with van der Waals surface area (Å²) in [5.41, 5.74) is 1.24. The molecule has 0 fully saturated rings. The summed E-state index contributed by atoms with van der Waals surface area (Å²) in [5.74, 6) is -0.132. The fourth-order valence-electron chi connectivity index (χ4n) is 2.36. The van der Waals surface area contributed by atoms with Crippen molar-refractivity contribution >= 4 is 17.4 Å². The van der Waals surface area contributed by atoms with Crippen molar-refractivity contribution in [3.05, 3.63) is 50.9 Å². The number of aryl methyl sites for hydroxylation is 1. The highest BCUT2D eigenvalue weighted by molar-refractivity contribution is 6.30. The van der Waals surface area contributed by atoms with E-state index in [0.717, 1.165) is 13.0 Å². The number of nitrogens with two attached hydrogens (primary N) is 1. The molecule has 0 amide bonds. The smallest absolute Gasteiger partial charge is 0.282 e. The summed E-state index contributed by atoms with van der Waals surface area (Å²) in [6, 6.07) is 6.98. The van der Waals surface area contributed by atoms with E-state index in [1.807, 2.05) is 12.2 Å². The molecule has 3 N–H and O–H groups in total. The average molecular weight is 323 g/mol. The third-order valence-electron chi connectivity index (χ3n) is 3.49. The molecule has 1 aromatic carbocycles. The Morgan fingerprint density at radius 1 is 1.36 bits per heavy atom. The number of rotatable bonds is 7. The van der Waals surface area contributed by atoms with E-state index in [2.05, 4.69) is 12.0 Å². The summed E-state index contributed by atoms with van der Waals surface area (Å²) in [5, 5.41) is 5.50. The fourth-order valence-corrected chi connectivity index (χ4v) is 2.55. The molecule has 0 aliphatic rings. The van der Waals surface area contributed by atoms with Crippen LogP contribution in [0.25, 0.3) is 5.69 Å². The van der Waals surface area contributed by atoms with Gasteiger partial charge in [-0.1, -0.05) is 31.5 Å². The first kappa shape index (κ1) is 16.5. The second-order valence-electron chi connectivity index (χ2n) is 5.14. The normalized spacial score (nSPS) is 10.9. The van der Waals surface area contributed by atoms with Crippen molar-refractivity contribution < 1.29 is 10.1 Å². The third kappa shape index (κ3) is 3.48. The Balaban J connectivity index is 2.39. The number of aromatic nitrogens is 2. The molecule has 0 spiro atoms. The lowest BCUT2D eigenvalue weighted by molar-refractivity contribution is -0.642. The summed E-state index contributed by atoms with van der Waals surface area (Å²) in [6.07, 6.45) is 1.59. The van der Waals surface area contributed by atoms with Gasteiger partial charge in [-0.15, -0.1) is 0 Å². The van der Waals surface area contributed by atoms with Crippen molar-refractivity contribution in [3.63, 3.8) is 0 Å². The van der Waals surface area contributed by atoms with E-state index in [-0.39, 0.29) is 16.9 Å². The lowest BCUT2D eigenvalue weighted by Gasteiger charge is -2.01. The number of hydrogen-bond acceptors (Lipinski definition) is 2. The van der Waals surface area contributed by atoms with Gasteiger partial charge in [-0.2, -0.15) is 0 Å². The summed E-state index contributed by atoms with van der Waals surface area (Å²) in [7, 11) is 0. The Bertz CT molecular complexity index is 718. The second kappa shape index (κ2) is 7.42. The number of hydrogen-bond donors (Lipinski definition) is 2. The first-order chi connectivity index (χ1) is 10.6. The number of aromatic amines is 1. The zero-order chi connectivity index (χ0) is 16.1. The van der Waals surface area contributed by atoms with Gasteiger partial charge in [-0.3, -0.25) is 14.7 Å². The van der Waals surface area contributed by atoms with E-state index in [1.54, 1.807) is 24.3 Å². The van der Waals surface area contributed by atoms with Crippen molar-refractivity contribution in [2.75, 3.05) is 13.1 Å². The van der Waals surface area contributed by atoms with Crippen LogP contribution in [-0.2, 0) is 6.42 Å². The molecule has 5 nitrogen and oxygen atoms in total. The molecule has 118 valence electrons. The molecule has 0 saturated carbocycles. The molecule has 6 heteroatoms. The highest BCUT2D eigenvalue weighted by Crippen LogP contribution is 2.14. The van der Waals surface area contributed by atoms with Crippen molar-refractivity contribution in [1.29, 1.82) is 0 Å². The van der Waals surface area contributed by atoms with Gasteiger partial charge in [-0.05, 0) is 31.0 Å². The van der Waals surface area contributed by atoms with Gasteiger partial charge in [-0.25, -0.2) is 4.68 Å². The van der Waals surface area contributed by atoms with E-state index >= 15 is 0 Å². The van der Waals surface area contributed by atoms with Gasteiger partial charge < -0.3 is 5.32 Å². The predicted octanol–water partition coefficient (Wildman–Crippen LogP) is 1.54. The van der Waals surface area contributed by atoms with Gasteiger partial charge in [0.15, 0.2) is 0 Å². The average Bonchev–Trinajstić information content (AvgIpc) is 2.84. The van der Waals surface area contributed by atoms with Crippen LogP contribution >= 0.6 is 11.6 Å². The van der Waals surface area contributed by atoms with Crippen LogP contribution in [0, 0.1) is 0 Å². The maximum absolute atomic E-state index is 12.6. The molecular weight excluding hydrogens is 302 g/mol. The minimum atomic E-state index is -0.311. The van der Waals surface area contributed by atoms with Gasteiger partial charge in [0.1, 0.15) is 12.1 Å². The maximum atomic E-state index is 12.6. The summed E-state index contributed by atoms with van der Waals surface area (Å²) in [4.78, 5) is 24.9. The van der Waals surface area contributed by atoms with Crippen LogP contribution in [0.5, 0.6) is 0 Å². The van der Waals surface area contributed by atoms with E-state index in [1.165, 1.54) is 4.68 Å². The lowest BCUT2D eigenvalue weighted by Crippen LogP contribution is -2.85. The fraction of sp³-hybridized carbons (Fsp3) is 0.375. The third-order valence-corrected chi connectivity index (χ3v) is 3.72. The SMILES string of the molecule is CCC[NH2+]CC(=O)c1c(CC)[nH]n(-c2cccc(Cl)c2)c1=O. The molecule has 0 unspecified atom stereocenters. The quantitative estimate of drug-likeness (QED) is 0.599. The van der Waals surface area contributed by atoms with Crippen LogP contribution in [0.3, 0.4) is 0 Å². The molecule has 1 aromatic heterocycles. The van der Waals surface area contributed by atoms with Gasteiger partial charge in [0.05, 0.1) is 12.2 Å². The maximum Gasteiger partial charge on any atom is 0.282 e. The van der Waals surface area contributed by atoms with E-state index in [9.17, 15) is 9.59 Å². The molecule has 0 atom stereocenters. The largest absolute Gasteiger partial charge is 0.340 e. The molecule has 2 aromatic rings. The van der Waals surface area contributed by atoms with Gasteiger partial charge in [0, 0.05) is 10.7 Å². The summed E-state index contributed by atoms with van der Waals surface area (Å²) >= 11 is 5.97. The highest BCUT2D eigenvalue weighted by Gasteiger charge is 2.21. The Labute approximate surface area is 134 Å². The monoisotopic (exact) mass is 322 g/mol. The number of benzene rings is 1. The molecule has 0 bridgehead atoms. The Morgan fingerprint density at radius 2 is 2.14 bits per heavy atom. The van der Waals surface area contributed by atoms with E-state index in [4.69, 9.17) is 11.6 Å². The van der Waals surface area contributed by atoms with Crippen LogP contribution in [-0.4, -0.2) is 28.7 Å². The summed E-state index contributed by atoms with van der Waals surface area (Å²) in [6.45, 7) is 5.14. The number of carbonyl (C=O) groups excluding carboxylic acids is 1. The van der Waals surface area contributed by atoms with Crippen LogP contribution < -0.4 is 10.9 Å². The topological polar surface area (TPSA) is 71.5 Å². The van der Waals surface area contributed by atoms with Crippen molar-refractivity contribution in [2.45, 2.75) is 26.7 Å². The molecule has 0 aliphatic carbocycles. The molecule has 22 heavy (non-hydrogen) atoms. The summed E-state index contributed by atoms with van der Waals surface area (Å²) < 4.78 is 1.39. The minimum absolute atomic E-state index is 0.132. The van der Waals surface area contributed by atoms with Gasteiger partial charge in [0.25, 0.3) is 5.56 Å². The molecule has 0 saturated heterocycles. The lowest BCUT2D eigenvalue weighted by atomic mass is 10.1. The molecule has 1 heterocycles. The molecule has 0 radical (unpaired) electrons. The van der Waals surface area contributed by atoms with Crippen LogP contribution in [0.2, 0.25) is 5.02 Å². The minimum Gasteiger partial charge on any atom is -0.340 e. The number of ketones is 1. The molecule has 0 aliphatic heterocycles. The van der Waals surface area contributed by atoms with Crippen molar-refractivity contribution in [1.82, 2.24) is 9.78 Å². The first-order valence-electron chi connectivity index (χ1n) is 7.53. The first-order valence-corrected chi connectivity index (χ1v) is 7.91. The Kier molecular flexibility index (Phi) is 5.57. The number of H-pyrrole nitrogens is 1. The number of carbonyl (C=O) groups is 1. The van der Waals surface area contributed by atoms with Crippen LogP contribution in [0.15, 0.2) is 29.1 Å². The standard InChI is InChI=1S/C16H20ClN3O2/c1-3-8-18-10-14(21)15-13(4-2)19-20(16(15)22)12-7-5-6-11(17)9-12/h5-7,9,18-19H,3-4,8,10H2,1-2H3/p+1. The van der Waals surface area contributed by atoms with Gasteiger partial charge in [0.2, 0.25) is 5.78 Å². The number of nitrogens with zero attached hydrogens (tertiary/aromatic N) is 1. The highest BCUT2D eigenvalue weighted by atomic mass is 35.5. The molecular formula is C16H21ClN3O2+. The zero-order valence-corrected chi connectivity index (χ0v) is 13.6. The second-order valence-corrected chi connectivity index (χ2v) is 5.58. The van der Waals surface area contributed by atoms with Crippen molar-refractivity contribution in [2.24, 2.45) is 0 Å². The predicted molar refractivity (Wildman–Crippen MR) is 87.1 cm³/mol. The number of halogens is 1. The Hall–Kier alpha value is -1.85. The van der Waals surface area contributed by atoms with E-state index < -0.39 is 0 Å². The van der Waals surface area contributed by atoms with E-state index in [0.29, 0.717) is 29.4 Å². The number of quaternary nitrogens is 1.